The van der Waals surface area contributed by atoms with Crippen molar-refractivity contribution in [3.8, 4) is 11.1 Å². The minimum Gasteiger partial charge on any atom is -0.440 e. The molecule has 90 valence electrons. The summed E-state index contributed by atoms with van der Waals surface area (Å²) in [6.45, 7) is 4.17. The van der Waals surface area contributed by atoms with Gasteiger partial charge in [-0.2, -0.15) is 0 Å². The summed E-state index contributed by atoms with van der Waals surface area (Å²) >= 11 is 0. The molecule has 0 aliphatic rings. The van der Waals surface area contributed by atoms with E-state index in [1.54, 1.807) is 0 Å². The lowest BCUT2D eigenvalue weighted by Crippen LogP contribution is -1.84. The predicted molar refractivity (Wildman–Crippen MR) is 73.5 cm³/mol. The molecule has 0 spiro atoms. The van der Waals surface area contributed by atoms with E-state index in [1.807, 2.05) is 24.3 Å². The first kappa shape index (κ1) is 11.0. The summed E-state index contributed by atoms with van der Waals surface area (Å²) in [5.74, 6) is 1.12. The van der Waals surface area contributed by atoms with Gasteiger partial charge in [0.1, 0.15) is 5.52 Å². The van der Waals surface area contributed by atoms with E-state index >= 15 is 0 Å². The minimum atomic E-state index is 0.317. The monoisotopic (exact) mass is 237 g/mol. The SMILES string of the molecule is CC(C)c1nc2cc(-c3ccccc3)ccc2o1. The number of nitrogens with zero attached hydrogens (tertiary/aromatic N) is 1. The van der Waals surface area contributed by atoms with Crippen LogP contribution in [0.4, 0.5) is 0 Å². The maximum Gasteiger partial charge on any atom is 0.198 e. The first-order valence-electron chi connectivity index (χ1n) is 6.20. The van der Waals surface area contributed by atoms with Crippen LogP contribution in [0.25, 0.3) is 22.2 Å². The van der Waals surface area contributed by atoms with Gasteiger partial charge in [-0.25, -0.2) is 4.98 Å². The van der Waals surface area contributed by atoms with E-state index in [4.69, 9.17) is 4.42 Å². The van der Waals surface area contributed by atoms with Crippen LogP contribution in [0.2, 0.25) is 0 Å². The molecular formula is C16H15NO. The quantitative estimate of drug-likeness (QED) is 0.650. The molecule has 1 aromatic heterocycles. The molecule has 3 aromatic rings. The Kier molecular flexibility index (Phi) is 2.63. The number of aromatic nitrogens is 1. The molecule has 0 unspecified atom stereocenters. The van der Waals surface area contributed by atoms with E-state index in [2.05, 4.69) is 43.1 Å². The third kappa shape index (κ3) is 1.90. The second-order valence-electron chi connectivity index (χ2n) is 4.76. The largest absolute Gasteiger partial charge is 0.440 e. The van der Waals surface area contributed by atoms with E-state index in [0.717, 1.165) is 17.0 Å². The molecule has 1 heterocycles. The summed E-state index contributed by atoms with van der Waals surface area (Å²) in [6, 6.07) is 16.5. The Bertz CT molecular complexity index is 668. The second-order valence-corrected chi connectivity index (χ2v) is 4.76. The molecule has 0 N–H and O–H groups in total. The summed E-state index contributed by atoms with van der Waals surface area (Å²) < 4.78 is 5.71. The Labute approximate surface area is 106 Å². The summed E-state index contributed by atoms with van der Waals surface area (Å²) in [5.41, 5.74) is 4.17. The molecule has 0 fully saturated rings. The zero-order chi connectivity index (χ0) is 12.5. The Hall–Kier alpha value is -2.09. The van der Waals surface area contributed by atoms with Crippen molar-refractivity contribution in [1.82, 2.24) is 4.98 Å². The molecule has 0 saturated carbocycles. The highest BCUT2D eigenvalue weighted by Gasteiger charge is 2.09. The fraction of sp³-hybridized carbons (Fsp3) is 0.188. The topological polar surface area (TPSA) is 26.0 Å². The molecule has 2 heteroatoms. The van der Waals surface area contributed by atoms with E-state index in [-0.39, 0.29) is 0 Å². The summed E-state index contributed by atoms with van der Waals surface area (Å²) in [7, 11) is 0. The van der Waals surface area contributed by atoms with Gasteiger partial charge < -0.3 is 4.42 Å². The Morgan fingerprint density at radius 2 is 1.72 bits per heavy atom. The zero-order valence-corrected chi connectivity index (χ0v) is 10.6. The van der Waals surface area contributed by atoms with Crippen LogP contribution in [0.15, 0.2) is 52.9 Å². The fourth-order valence-electron chi connectivity index (χ4n) is 2.00. The average Bonchev–Trinajstić information content (AvgIpc) is 2.82. The van der Waals surface area contributed by atoms with Crippen LogP contribution < -0.4 is 0 Å². The van der Waals surface area contributed by atoms with Gasteiger partial charge in [0, 0.05) is 5.92 Å². The van der Waals surface area contributed by atoms with Crippen LogP contribution in [0.1, 0.15) is 25.7 Å². The molecule has 3 rings (SSSR count). The van der Waals surface area contributed by atoms with E-state index in [0.29, 0.717) is 5.92 Å². The average molecular weight is 237 g/mol. The van der Waals surface area contributed by atoms with Crippen molar-refractivity contribution in [2.75, 3.05) is 0 Å². The summed E-state index contributed by atoms with van der Waals surface area (Å²) in [5, 5.41) is 0. The highest BCUT2D eigenvalue weighted by molar-refractivity contribution is 5.80. The van der Waals surface area contributed by atoms with Crippen molar-refractivity contribution in [1.29, 1.82) is 0 Å². The van der Waals surface area contributed by atoms with Crippen molar-refractivity contribution in [3.63, 3.8) is 0 Å². The lowest BCUT2D eigenvalue weighted by molar-refractivity contribution is 0.501. The lowest BCUT2D eigenvalue weighted by Gasteiger charge is -1.99. The van der Waals surface area contributed by atoms with Crippen LogP contribution in [-0.4, -0.2) is 4.98 Å². The minimum absolute atomic E-state index is 0.317. The standard InChI is InChI=1S/C16H15NO/c1-11(2)16-17-14-10-13(8-9-15(14)18-16)12-6-4-3-5-7-12/h3-11H,1-2H3. The summed E-state index contributed by atoms with van der Waals surface area (Å²) in [4.78, 5) is 4.53. The van der Waals surface area contributed by atoms with Crippen LogP contribution >= 0.6 is 0 Å². The highest BCUT2D eigenvalue weighted by atomic mass is 16.3. The molecule has 0 radical (unpaired) electrons. The fourth-order valence-corrected chi connectivity index (χ4v) is 2.00. The van der Waals surface area contributed by atoms with Crippen molar-refractivity contribution < 1.29 is 4.42 Å². The Balaban J connectivity index is 2.11. The van der Waals surface area contributed by atoms with E-state index < -0.39 is 0 Å². The van der Waals surface area contributed by atoms with Crippen molar-refractivity contribution in [3.05, 3.63) is 54.4 Å². The lowest BCUT2D eigenvalue weighted by atomic mass is 10.1. The number of rotatable bonds is 2. The van der Waals surface area contributed by atoms with Crippen LogP contribution in [0.5, 0.6) is 0 Å². The third-order valence-corrected chi connectivity index (χ3v) is 3.01. The molecule has 0 amide bonds. The van der Waals surface area contributed by atoms with Gasteiger partial charge in [0.15, 0.2) is 11.5 Å². The molecule has 18 heavy (non-hydrogen) atoms. The number of fused-ring (bicyclic) bond motifs is 1. The van der Waals surface area contributed by atoms with Crippen molar-refractivity contribution in [2.45, 2.75) is 19.8 Å². The predicted octanol–water partition coefficient (Wildman–Crippen LogP) is 4.62. The van der Waals surface area contributed by atoms with E-state index in [1.165, 1.54) is 11.1 Å². The Morgan fingerprint density at radius 1 is 0.944 bits per heavy atom. The van der Waals surface area contributed by atoms with Gasteiger partial charge in [-0.05, 0) is 23.3 Å². The van der Waals surface area contributed by atoms with Crippen molar-refractivity contribution >= 4 is 11.1 Å². The van der Waals surface area contributed by atoms with Gasteiger partial charge in [-0.1, -0.05) is 50.2 Å². The number of hydrogen-bond acceptors (Lipinski definition) is 2. The first-order valence-corrected chi connectivity index (χ1v) is 6.20. The normalized spacial score (nSPS) is 11.3. The molecular weight excluding hydrogens is 222 g/mol. The maximum absolute atomic E-state index is 5.71. The molecule has 2 aromatic carbocycles. The second kappa shape index (κ2) is 4.30. The van der Waals surface area contributed by atoms with Gasteiger partial charge in [-0.15, -0.1) is 0 Å². The van der Waals surface area contributed by atoms with Crippen LogP contribution in [-0.2, 0) is 0 Å². The molecule has 2 nitrogen and oxygen atoms in total. The van der Waals surface area contributed by atoms with Gasteiger partial charge >= 0.3 is 0 Å². The number of benzene rings is 2. The van der Waals surface area contributed by atoms with Gasteiger partial charge in [0.2, 0.25) is 0 Å². The molecule has 0 saturated heterocycles. The van der Waals surface area contributed by atoms with Gasteiger partial charge in [-0.3, -0.25) is 0 Å². The summed E-state index contributed by atoms with van der Waals surface area (Å²) in [6.07, 6.45) is 0. The van der Waals surface area contributed by atoms with E-state index in [9.17, 15) is 0 Å². The van der Waals surface area contributed by atoms with Gasteiger partial charge in [0.05, 0.1) is 0 Å². The molecule has 0 aliphatic carbocycles. The number of oxazole rings is 1. The first-order chi connectivity index (χ1) is 8.74. The highest BCUT2D eigenvalue weighted by Crippen LogP contribution is 2.26. The van der Waals surface area contributed by atoms with Crippen LogP contribution in [0.3, 0.4) is 0 Å². The van der Waals surface area contributed by atoms with Gasteiger partial charge in [0.25, 0.3) is 0 Å². The molecule has 0 atom stereocenters. The Morgan fingerprint density at radius 3 is 2.44 bits per heavy atom. The molecule has 0 aliphatic heterocycles. The third-order valence-electron chi connectivity index (χ3n) is 3.01. The zero-order valence-electron chi connectivity index (χ0n) is 10.6. The van der Waals surface area contributed by atoms with Crippen molar-refractivity contribution in [2.24, 2.45) is 0 Å². The maximum atomic E-state index is 5.71. The smallest absolute Gasteiger partial charge is 0.198 e. The van der Waals surface area contributed by atoms with Crippen LogP contribution in [0, 0.1) is 0 Å². The molecule has 0 bridgehead atoms. The number of hydrogen-bond donors (Lipinski definition) is 0.